The molecule has 0 aliphatic heterocycles. The highest BCUT2D eigenvalue weighted by Gasteiger charge is 2.01. The molecule has 1 aromatic rings. The van der Waals surface area contributed by atoms with Crippen molar-refractivity contribution < 1.29 is 0 Å². The van der Waals surface area contributed by atoms with E-state index in [1.54, 1.807) is 17.8 Å². The second-order valence-electron chi connectivity index (χ2n) is 3.24. The summed E-state index contributed by atoms with van der Waals surface area (Å²) >= 11 is 7.53. The molecule has 0 aromatic carbocycles. The lowest BCUT2D eigenvalue weighted by Crippen LogP contribution is -2.17. The number of aryl methyl sites for hydroxylation is 1. The summed E-state index contributed by atoms with van der Waals surface area (Å²) in [7, 11) is 0. The van der Waals surface area contributed by atoms with Gasteiger partial charge in [-0.1, -0.05) is 11.6 Å². The summed E-state index contributed by atoms with van der Waals surface area (Å²) in [6, 6.07) is 1.96. The molecule has 14 heavy (non-hydrogen) atoms. The van der Waals surface area contributed by atoms with Gasteiger partial charge in [0.25, 0.3) is 0 Å². The Hall–Kier alpha value is -0.320. The van der Waals surface area contributed by atoms with E-state index in [2.05, 4.69) is 9.97 Å². The van der Waals surface area contributed by atoms with Crippen molar-refractivity contribution in [1.29, 1.82) is 0 Å². The van der Waals surface area contributed by atoms with E-state index < -0.39 is 0 Å². The quantitative estimate of drug-likeness (QED) is 0.806. The number of aromatic nitrogens is 2. The monoisotopic (exact) mass is 231 g/mol. The van der Waals surface area contributed by atoms with Crippen LogP contribution in [0.1, 0.15) is 18.4 Å². The van der Waals surface area contributed by atoms with Crippen molar-refractivity contribution in [3.63, 3.8) is 0 Å². The average molecular weight is 232 g/mol. The Bertz CT molecular complexity index is 284. The standard InChI is InChI=1S/C9H14ClN3S/c1-6(11)4-14-5-9-12-7(2)3-8(10)13-9/h3,6H,4-5,11H2,1-2H3. The van der Waals surface area contributed by atoms with E-state index in [0.717, 1.165) is 23.0 Å². The van der Waals surface area contributed by atoms with E-state index in [1.165, 1.54) is 0 Å². The summed E-state index contributed by atoms with van der Waals surface area (Å²) in [5, 5.41) is 0.508. The predicted octanol–water partition coefficient (Wildman–Crippen LogP) is 2.02. The van der Waals surface area contributed by atoms with Gasteiger partial charge in [0.2, 0.25) is 0 Å². The Morgan fingerprint density at radius 1 is 1.57 bits per heavy atom. The van der Waals surface area contributed by atoms with E-state index in [-0.39, 0.29) is 6.04 Å². The Morgan fingerprint density at radius 2 is 2.29 bits per heavy atom. The van der Waals surface area contributed by atoms with Gasteiger partial charge in [0.05, 0.1) is 5.75 Å². The molecule has 1 aromatic heterocycles. The molecule has 0 aliphatic carbocycles. The summed E-state index contributed by atoms with van der Waals surface area (Å²) in [5.41, 5.74) is 6.53. The van der Waals surface area contributed by atoms with Crippen molar-refractivity contribution in [3.05, 3.63) is 22.7 Å². The molecule has 0 bridgehead atoms. The van der Waals surface area contributed by atoms with Crippen molar-refractivity contribution in [3.8, 4) is 0 Å². The first kappa shape index (κ1) is 11.8. The van der Waals surface area contributed by atoms with Gasteiger partial charge in [0, 0.05) is 17.5 Å². The lowest BCUT2D eigenvalue weighted by atomic mass is 10.4. The molecular formula is C9H14ClN3S. The Balaban J connectivity index is 2.50. The highest BCUT2D eigenvalue weighted by Crippen LogP contribution is 2.12. The first-order chi connectivity index (χ1) is 6.58. The zero-order valence-electron chi connectivity index (χ0n) is 8.33. The fraction of sp³-hybridized carbons (Fsp3) is 0.556. The van der Waals surface area contributed by atoms with Gasteiger partial charge in [0.15, 0.2) is 0 Å². The van der Waals surface area contributed by atoms with E-state index in [0.29, 0.717) is 5.15 Å². The SMILES string of the molecule is Cc1cc(Cl)nc(CSCC(C)N)n1. The molecule has 1 atom stereocenters. The number of hydrogen-bond acceptors (Lipinski definition) is 4. The number of halogens is 1. The first-order valence-electron chi connectivity index (χ1n) is 4.41. The van der Waals surface area contributed by atoms with Crippen molar-refractivity contribution in [2.24, 2.45) is 5.73 Å². The summed E-state index contributed by atoms with van der Waals surface area (Å²) in [6.45, 7) is 3.89. The summed E-state index contributed by atoms with van der Waals surface area (Å²) in [6.07, 6.45) is 0. The van der Waals surface area contributed by atoms with Gasteiger partial charge >= 0.3 is 0 Å². The Labute approximate surface area is 93.5 Å². The summed E-state index contributed by atoms with van der Waals surface area (Å²) < 4.78 is 0. The van der Waals surface area contributed by atoms with Crippen LogP contribution in [0.25, 0.3) is 0 Å². The van der Waals surface area contributed by atoms with E-state index in [4.69, 9.17) is 17.3 Å². The molecule has 0 radical (unpaired) electrons. The van der Waals surface area contributed by atoms with Crippen LogP contribution in [0.2, 0.25) is 5.15 Å². The van der Waals surface area contributed by atoms with Crippen LogP contribution in [0.3, 0.4) is 0 Å². The lowest BCUT2D eigenvalue weighted by molar-refractivity contribution is 0.846. The second-order valence-corrected chi connectivity index (χ2v) is 4.66. The van der Waals surface area contributed by atoms with Crippen molar-refractivity contribution in [2.75, 3.05) is 5.75 Å². The largest absolute Gasteiger partial charge is 0.327 e. The van der Waals surface area contributed by atoms with Crippen LogP contribution in [0.15, 0.2) is 6.07 Å². The number of nitrogens with two attached hydrogens (primary N) is 1. The maximum atomic E-state index is 5.81. The second kappa shape index (κ2) is 5.53. The van der Waals surface area contributed by atoms with Gasteiger partial charge in [0.1, 0.15) is 11.0 Å². The average Bonchev–Trinajstić information content (AvgIpc) is 2.01. The molecule has 1 rings (SSSR count). The lowest BCUT2D eigenvalue weighted by Gasteiger charge is -2.04. The van der Waals surface area contributed by atoms with Crippen LogP contribution < -0.4 is 5.73 Å². The van der Waals surface area contributed by atoms with Gasteiger partial charge in [-0.15, -0.1) is 0 Å². The van der Waals surface area contributed by atoms with Crippen LogP contribution in [0, 0.1) is 6.92 Å². The molecule has 78 valence electrons. The maximum absolute atomic E-state index is 5.81. The Kier molecular flexibility index (Phi) is 4.65. The van der Waals surface area contributed by atoms with Crippen molar-refractivity contribution in [1.82, 2.24) is 9.97 Å². The maximum Gasteiger partial charge on any atom is 0.140 e. The van der Waals surface area contributed by atoms with Crippen molar-refractivity contribution >= 4 is 23.4 Å². The van der Waals surface area contributed by atoms with Crippen LogP contribution in [-0.4, -0.2) is 21.8 Å². The molecule has 5 heteroatoms. The first-order valence-corrected chi connectivity index (χ1v) is 5.94. The fourth-order valence-electron chi connectivity index (χ4n) is 0.989. The number of hydrogen-bond donors (Lipinski definition) is 1. The normalized spacial score (nSPS) is 12.9. The fourth-order valence-corrected chi connectivity index (χ4v) is 2.05. The third-order valence-corrected chi connectivity index (χ3v) is 2.90. The molecule has 1 heterocycles. The van der Waals surface area contributed by atoms with Gasteiger partial charge < -0.3 is 5.73 Å². The van der Waals surface area contributed by atoms with Crippen LogP contribution in [0.5, 0.6) is 0 Å². The molecule has 1 unspecified atom stereocenters. The molecule has 0 aliphatic rings. The van der Waals surface area contributed by atoms with Gasteiger partial charge in [-0.25, -0.2) is 9.97 Å². The van der Waals surface area contributed by atoms with Gasteiger partial charge in [-0.3, -0.25) is 0 Å². The van der Waals surface area contributed by atoms with E-state index >= 15 is 0 Å². The summed E-state index contributed by atoms with van der Waals surface area (Å²) in [5.74, 6) is 2.46. The van der Waals surface area contributed by atoms with Crippen LogP contribution >= 0.6 is 23.4 Å². The highest BCUT2D eigenvalue weighted by atomic mass is 35.5. The smallest absolute Gasteiger partial charge is 0.140 e. The topological polar surface area (TPSA) is 51.8 Å². The van der Waals surface area contributed by atoms with Gasteiger partial charge in [-0.2, -0.15) is 11.8 Å². The molecule has 0 amide bonds. The molecule has 0 spiro atoms. The van der Waals surface area contributed by atoms with E-state index in [1.807, 2.05) is 13.8 Å². The number of rotatable bonds is 4. The number of nitrogens with zero attached hydrogens (tertiary/aromatic N) is 2. The predicted molar refractivity (Wildman–Crippen MR) is 61.6 cm³/mol. The minimum Gasteiger partial charge on any atom is -0.327 e. The molecular weight excluding hydrogens is 218 g/mol. The molecule has 2 N–H and O–H groups in total. The molecule has 0 fully saturated rings. The minimum atomic E-state index is 0.209. The molecule has 3 nitrogen and oxygen atoms in total. The van der Waals surface area contributed by atoms with Gasteiger partial charge in [-0.05, 0) is 19.9 Å². The third kappa shape index (κ3) is 4.26. The highest BCUT2D eigenvalue weighted by molar-refractivity contribution is 7.98. The zero-order chi connectivity index (χ0) is 10.6. The zero-order valence-corrected chi connectivity index (χ0v) is 9.90. The van der Waals surface area contributed by atoms with Crippen LogP contribution in [-0.2, 0) is 5.75 Å². The summed E-state index contributed by atoms with van der Waals surface area (Å²) in [4.78, 5) is 8.40. The van der Waals surface area contributed by atoms with Crippen LogP contribution in [0.4, 0.5) is 0 Å². The molecule has 0 saturated heterocycles. The Morgan fingerprint density at radius 3 is 2.86 bits per heavy atom. The van der Waals surface area contributed by atoms with Crippen molar-refractivity contribution in [2.45, 2.75) is 25.6 Å². The minimum absolute atomic E-state index is 0.209. The molecule has 0 saturated carbocycles. The third-order valence-electron chi connectivity index (χ3n) is 1.48. The van der Waals surface area contributed by atoms with E-state index in [9.17, 15) is 0 Å². The number of thioether (sulfide) groups is 1.